The Morgan fingerprint density at radius 3 is 2.43 bits per heavy atom. The van der Waals surface area contributed by atoms with Crippen LogP contribution in [0.25, 0.3) is 0 Å². The number of amides is 1. The van der Waals surface area contributed by atoms with Crippen LogP contribution in [-0.4, -0.2) is 23.0 Å². The first-order valence-electron chi connectivity index (χ1n) is 8.24. The molecule has 4 atom stereocenters. The van der Waals surface area contributed by atoms with Gasteiger partial charge in [0, 0.05) is 12.5 Å². The topological polar surface area (TPSA) is 66.4 Å². The van der Waals surface area contributed by atoms with Gasteiger partial charge >= 0.3 is 5.97 Å². The highest BCUT2D eigenvalue weighted by molar-refractivity contribution is 5.77. The average molecular weight is 295 g/mol. The number of carbonyl (C=O) groups excluding carboxylic acids is 1. The van der Waals surface area contributed by atoms with E-state index in [-0.39, 0.29) is 23.8 Å². The zero-order valence-corrected chi connectivity index (χ0v) is 13.5. The van der Waals surface area contributed by atoms with Gasteiger partial charge in [-0.05, 0) is 48.9 Å². The third-order valence-corrected chi connectivity index (χ3v) is 4.98. The minimum Gasteiger partial charge on any atom is -0.481 e. The molecule has 120 valence electrons. The molecule has 2 aliphatic rings. The number of carboxylic acid groups (broad SMARTS) is 1. The van der Waals surface area contributed by atoms with E-state index in [2.05, 4.69) is 26.1 Å². The van der Waals surface area contributed by atoms with Crippen LogP contribution in [0.15, 0.2) is 0 Å². The lowest BCUT2D eigenvalue weighted by Crippen LogP contribution is -2.40. The molecule has 2 N–H and O–H groups in total. The third-order valence-electron chi connectivity index (χ3n) is 4.98. The van der Waals surface area contributed by atoms with Crippen molar-refractivity contribution in [3.8, 4) is 0 Å². The molecule has 0 spiro atoms. The molecule has 0 radical (unpaired) electrons. The fourth-order valence-corrected chi connectivity index (χ4v) is 4.28. The zero-order chi connectivity index (χ0) is 15.6. The maximum Gasteiger partial charge on any atom is 0.305 e. The van der Waals surface area contributed by atoms with Crippen molar-refractivity contribution in [2.45, 2.75) is 71.8 Å². The Morgan fingerprint density at radius 1 is 1.24 bits per heavy atom. The molecule has 2 rings (SSSR count). The molecule has 0 aromatic rings. The van der Waals surface area contributed by atoms with Gasteiger partial charge < -0.3 is 10.4 Å². The van der Waals surface area contributed by atoms with E-state index in [1.165, 1.54) is 25.7 Å². The molecule has 4 unspecified atom stereocenters. The van der Waals surface area contributed by atoms with E-state index < -0.39 is 5.97 Å². The van der Waals surface area contributed by atoms with Crippen molar-refractivity contribution < 1.29 is 14.7 Å². The number of rotatable bonds is 6. The number of carboxylic acids is 1. The van der Waals surface area contributed by atoms with Crippen LogP contribution in [0.5, 0.6) is 0 Å². The molecule has 0 aliphatic heterocycles. The second-order valence-electron chi connectivity index (χ2n) is 8.27. The second-order valence-corrected chi connectivity index (χ2v) is 8.27. The van der Waals surface area contributed by atoms with Gasteiger partial charge in [-0.3, -0.25) is 9.59 Å². The smallest absolute Gasteiger partial charge is 0.305 e. The van der Waals surface area contributed by atoms with Crippen molar-refractivity contribution in [2.75, 3.05) is 0 Å². The van der Waals surface area contributed by atoms with Crippen LogP contribution in [0, 0.1) is 23.2 Å². The predicted octanol–water partition coefficient (Wildman–Crippen LogP) is 3.21. The molecule has 0 aromatic heterocycles. The molecular formula is C17H29NO3. The van der Waals surface area contributed by atoms with Gasteiger partial charge in [0.25, 0.3) is 0 Å². The first kappa shape index (κ1) is 16.3. The normalized spacial score (nSPS) is 29.4. The quantitative estimate of drug-likeness (QED) is 0.790. The van der Waals surface area contributed by atoms with Crippen molar-refractivity contribution >= 4 is 11.9 Å². The second kappa shape index (κ2) is 6.37. The van der Waals surface area contributed by atoms with Crippen LogP contribution in [0.4, 0.5) is 0 Å². The van der Waals surface area contributed by atoms with Crippen molar-refractivity contribution in [2.24, 2.45) is 23.2 Å². The van der Waals surface area contributed by atoms with Gasteiger partial charge in [-0.25, -0.2) is 0 Å². The van der Waals surface area contributed by atoms with E-state index in [1.807, 2.05) is 0 Å². The highest BCUT2D eigenvalue weighted by Crippen LogP contribution is 2.49. The Bertz CT molecular complexity index is 399. The molecule has 4 heteroatoms. The zero-order valence-electron chi connectivity index (χ0n) is 13.5. The highest BCUT2D eigenvalue weighted by Gasteiger charge is 2.40. The SMILES string of the molecule is CC(C)(C)CC(CC(=O)O)NC(=O)CC1CC2CCC1C2. The Labute approximate surface area is 127 Å². The minimum atomic E-state index is -0.843. The Balaban J connectivity index is 1.83. The summed E-state index contributed by atoms with van der Waals surface area (Å²) >= 11 is 0. The lowest BCUT2D eigenvalue weighted by Gasteiger charge is -2.27. The van der Waals surface area contributed by atoms with Gasteiger partial charge in [-0.2, -0.15) is 0 Å². The highest BCUT2D eigenvalue weighted by atomic mass is 16.4. The summed E-state index contributed by atoms with van der Waals surface area (Å²) in [5.74, 6) is 1.31. The summed E-state index contributed by atoms with van der Waals surface area (Å²) in [5.41, 5.74) is 0.0137. The van der Waals surface area contributed by atoms with Gasteiger partial charge in [-0.15, -0.1) is 0 Å². The molecular weight excluding hydrogens is 266 g/mol. The molecule has 0 heterocycles. The summed E-state index contributed by atoms with van der Waals surface area (Å²) in [6, 6.07) is -0.256. The maximum absolute atomic E-state index is 12.2. The lowest BCUT2D eigenvalue weighted by molar-refractivity contribution is -0.138. The van der Waals surface area contributed by atoms with Crippen molar-refractivity contribution in [1.82, 2.24) is 5.32 Å². The molecule has 0 aromatic carbocycles. The molecule has 2 fully saturated rings. The molecule has 1 amide bonds. The summed E-state index contributed by atoms with van der Waals surface area (Å²) in [5, 5.41) is 12.0. The van der Waals surface area contributed by atoms with E-state index in [0.29, 0.717) is 18.8 Å². The third kappa shape index (κ3) is 5.01. The standard InChI is InChI=1S/C17H29NO3/c1-17(2,3)10-14(9-16(20)21)18-15(19)8-13-7-11-4-5-12(13)6-11/h11-14H,4-10H2,1-3H3,(H,18,19)(H,20,21). The number of nitrogens with one attached hydrogen (secondary N) is 1. The van der Waals surface area contributed by atoms with Crippen molar-refractivity contribution in [1.29, 1.82) is 0 Å². The first-order valence-corrected chi connectivity index (χ1v) is 8.24. The van der Waals surface area contributed by atoms with E-state index in [9.17, 15) is 9.59 Å². The fourth-order valence-electron chi connectivity index (χ4n) is 4.28. The summed E-state index contributed by atoms with van der Waals surface area (Å²) in [7, 11) is 0. The number of fused-ring (bicyclic) bond motifs is 2. The van der Waals surface area contributed by atoms with Gasteiger partial charge in [-0.1, -0.05) is 27.2 Å². The van der Waals surface area contributed by atoms with E-state index >= 15 is 0 Å². The van der Waals surface area contributed by atoms with Crippen LogP contribution in [-0.2, 0) is 9.59 Å². The Hall–Kier alpha value is -1.06. The monoisotopic (exact) mass is 295 g/mol. The van der Waals surface area contributed by atoms with Crippen LogP contribution in [0.2, 0.25) is 0 Å². The number of hydrogen-bond donors (Lipinski definition) is 2. The van der Waals surface area contributed by atoms with E-state index in [1.54, 1.807) is 0 Å². The summed E-state index contributed by atoms with van der Waals surface area (Å²) in [6.45, 7) is 6.22. The fraction of sp³-hybridized carbons (Fsp3) is 0.882. The Kier molecular flexibility index (Phi) is 4.95. The van der Waals surface area contributed by atoms with Gasteiger partial charge in [0.15, 0.2) is 0 Å². The molecule has 0 saturated heterocycles. The molecule has 21 heavy (non-hydrogen) atoms. The lowest BCUT2D eigenvalue weighted by atomic mass is 9.85. The van der Waals surface area contributed by atoms with Crippen molar-refractivity contribution in [3.05, 3.63) is 0 Å². The largest absolute Gasteiger partial charge is 0.481 e. The molecule has 2 saturated carbocycles. The van der Waals surface area contributed by atoms with E-state index in [4.69, 9.17) is 5.11 Å². The van der Waals surface area contributed by atoms with Crippen molar-refractivity contribution in [3.63, 3.8) is 0 Å². The number of hydrogen-bond acceptors (Lipinski definition) is 2. The van der Waals surface area contributed by atoms with Gasteiger partial charge in [0.2, 0.25) is 5.91 Å². The van der Waals surface area contributed by atoms with Gasteiger partial charge in [0.1, 0.15) is 0 Å². The van der Waals surface area contributed by atoms with Crippen LogP contribution < -0.4 is 5.32 Å². The molecule has 2 bridgehead atoms. The minimum absolute atomic E-state index is 0.0136. The van der Waals surface area contributed by atoms with Crippen LogP contribution in [0.1, 0.15) is 65.7 Å². The van der Waals surface area contributed by atoms with Gasteiger partial charge in [0.05, 0.1) is 6.42 Å². The average Bonchev–Trinajstić information content (AvgIpc) is 2.86. The molecule has 2 aliphatic carbocycles. The number of aliphatic carboxylic acids is 1. The Morgan fingerprint density at radius 2 is 1.95 bits per heavy atom. The number of carbonyl (C=O) groups is 2. The predicted molar refractivity (Wildman–Crippen MR) is 81.8 cm³/mol. The van der Waals surface area contributed by atoms with E-state index in [0.717, 1.165) is 11.8 Å². The maximum atomic E-state index is 12.2. The van der Waals surface area contributed by atoms with Crippen LogP contribution in [0.3, 0.4) is 0 Å². The summed E-state index contributed by atoms with van der Waals surface area (Å²) in [4.78, 5) is 23.2. The van der Waals surface area contributed by atoms with Crippen LogP contribution >= 0.6 is 0 Å². The summed E-state index contributed by atoms with van der Waals surface area (Å²) in [6.07, 6.45) is 6.42. The summed E-state index contributed by atoms with van der Waals surface area (Å²) < 4.78 is 0. The molecule has 4 nitrogen and oxygen atoms in total. The first-order chi connectivity index (χ1) is 9.73.